The van der Waals surface area contributed by atoms with Gasteiger partial charge < -0.3 is 10.6 Å². The van der Waals surface area contributed by atoms with Gasteiger partial charge in [-0.1, -0.05) is 19.1 Å². The minimum absolute atomic E-state index is 0.0759. The number of carbonyl (C=O) groups excluding carboxylic acids is 3. The fourth-order valence-electron chi connectivity index (χ4n) is 4.31. The number of amides is 3. The van der Waals surface area contributed by atoms with Crippen LogP contribution in [0.3, 0.4) is 0 Å². The summed E-state index contributed by atoms with van der Waals surface area (Å²) in [5, 5.41) is 5.59. The van der Waals surface area contributed by atoms with Crippen LogP contribution in [0.4, 0.5) is 17.1 Å². The molecule has 2 aromatic rings. The predicted octanol–water partition coefficient (Wildman–Crippen LogP) is 2.68. The van der Waals surface area contributed by atoms with Crippen LogP contribution in [0.1, 0.15) is 36.5 Å². The smallest absolute Gasteiger partial charge is 0.258 e. The third-order valence-corrected chi connectivity index (χ3v) is 8.07. The topological polar surface area (TPSA) is 116 Å². The Morgan fingerprint density at radius 3 is 2.59 bits per heavy atom. The number of para-hydroxylation sites is 2. The molecule has 10 heteroatoms. The zero-order chi connectivity index (χ0) is 24.3. The highest BCUT2D eigenvalue weighted by Crippen LogP contribution is 2.30. The summed E-state index contributed by atoms with van der Waals surface area (Å²) in [5.41, 5.74) is 2.12. The van der Waals surface area contributed by atoms with Crippen molar-refractivity contribution < 1.29 is 22.8 Å². The van der Waals surface area contributed by atoms with Gasteiger partial charge in [0.15, 0.2) is 0 Å². The molecule has 2 aromatic carbocycles. The molecular weight excluding hydrogens is 456 g/mol. The first-order valence-electron chi connectivity index (χ1n) is 11.4. The number of hydrogen-bond acceptors (Lipinski definition) is 5. The van der Waals surface area contributed by atoms with E-state index >= 15 is 0 Å². The van der Waals surface area contributed by atoms with Crippen molar-refractivity contribution in [1.82, 2.24) is 4.31 Å². The van der Waals surface area contributed by atoms with Crippen molar-refractivity contribution in [2.75, 3.05) is 40.9 Å². The lowest BCUT2D eigenvalue weighted by atomic mass is 9.98. The van der Waals surface area contributed by atoms with Gasteiger partial charge in [-0.05, 0) is 55.7 Å². The Labute approximate surface area is 199 Å². The van der Waals surface area contributed by atoms with E-state index < -0.39 is 15.9 Å². The Morgan fingerprint density at radius 2 is 1.85 bits per heavy atom. The van der Waals surface area contributed by atoms with Gasteiger partial charge in [0.05, 0.1) is 23.0 Å². The van der Waals surface area contributed by atoms with E-state index in [1.54, 1.807) is 48.5 Å². The predicted molar refractivity (Wildman–Crippen MR) is 130 cm³/mol. The first-order chi connectivity index (χ1) is 16.3. The summed E-state index contributed by atoms with van der Waals surface area (Å²) in [6.45, 7) is 2.37. The van der Waals surface area contributed by atoms with E-state index in [2.05, 4.69) is 10.6 Å². The summed E-state index contributed by atoms with van der Waals surface area (Å²) in [6, 6.07) is 13.6. The van der Waals surface area contributed by atoms with Gasteiger partial charge in [0.2, 0.25) is 21.8 Å². The van der Waals surface area contributed by atoms with Crippen molar-refractivity contribution in [2.24, 2.45) is 5.92 Å². The van der Waals surface area contributed by atoms with Crippen LogP contribution in [0.25, 0.3) is 0 Å². The highest BCUT2D eigenvalue weighted by molar-refractivity contribution is 7.89. The average molecular weight is 485 g/mol. The number of hydrogen-bond donors (Lipinski definition) is 2. The maximum absolute atomic E-state index is 13.1. The van der Waals surface area contributed by atoms with Crippen molar-refractivity contribution in [3.63, 3.8) is 0 Å². The number of carbonyl (C=O) groups is 3. The van der Waals surface area contributed by atoms with Gasteiger partial charge in [-0.15, -0.1) is 0 Å². The zero-order valence-electron chi connectivity index (χ0n) is 19.0. The van der Waals surface area contributed by atoms with E-state index in [1.165, 1.54) is 9.21 Å². The molecule has 2 N–H and O–H groups in total. The Balaban J connectivity index is 1.42. The van der Waals surface area contributed by atoms with E-state index in [0.717, 1.165) is 0 Å². The minimum atomic E-state index is -3.34. The molecule has 1 saturated heterocycles. The van der Waals surface area contributed by atoms with E-state index in [9.17, 15) is 22.8 Å². The first kappa shape index (κ1) is 23.9. The van der Waals surface area contributed by atoms with Crippen LogP contribution in [0.15, 0.2) is 48.5 Å². The second-order valence-corrected chi connectivity index (χ2v) is 10.6. The van der Waals surface area contributed by atoms with E-state index in [-0.39, 0.29) is 36.6 Å². The van der Waals surface area contributed by atoms with Crippen molar-refractivity contribution in [3.8, 4) is 0 Å². The van der Waals surface area contributed by atoms with Gasteiger partial charge in [-0.25, -0.2) is 12.7 Å². The molecule has 0 radical (unpaired) electrons. The van der Waals surface area contributed by atoms with E-state index in [1.807, 2.05) is 6.92 Å². The molecule has 0 aromatic heterocycles. The maximum atomic E-state index is 13.1. The molecule has 4 rings (SSSR count). The number of nitrogens with zero attached hydrogens (tertiary/aromatic N) is 2. The lowest BCUT2D eigenvalue weighted by molar-refractivity contribution is -0.121. The molecule has 1 unspecified atom stereocenters. The maximum Gasteiger partial charge on any atom is 0.258 e. The molecule has 1 atom stereocenters. The zero-order valence-corrected chi connectivity index (χ0v) is 19.8. The highest BCUT2D eigenvalue weighted by Gasteiger charge is 2.32. The lowest BCUT2D eigenvalue weighted by Gasteiger charge is -2.31. The third kappa shape index (κ3) is 5.13. The minimum Gasteiger partial charge on any atom is -0.326 e. The van der Waals surface area contributed by atoms with Gasteiger partial charge >= 0.3 is 0 Å². The van der Waals surface area contributed by atoms with Crippen LogP contribution in [-0.4, -0.2) is 55.8 Å². The van der Waals surface area contributed by atoms with Crippen LogP contribution < -0.4 is 15.5 Å². The molecule has 3 amide bonds. The third-order valence-electron chi connectivity index (χ3n) is 6.03. The Kier molecular flexibility index (Phi) is 6.99. The van der Waals surface area contributed by atoms with Crippen molar-refractivity contribution in [2.45, 2.75) is 26.2 Å². The lowest BCUT2D eigenvalue weighted by Crippen LogP contribution is -2.44. The number of benzene rings is 2. The van der Waals surface area contributed by atoms with Crippen molar-refractivity contribution in [3.05, 3.63) is 54.1 Å². The molecule has 0 aliphatic carbocycles. The van der Waals surface area contributed by atoms with E-state index in [0.29, 0.717) is 48.4 Å². The number of sulfonamides is 1. The van der Waals surface area contributed by atoms with Crippen LogP contribution in [0, 0.1) is 5.92 Å². The molecule has 2 heterocycles. The second kappa shape index (κ2) is 9.94. The van der Waals surface area contributed by atoms with Gasteiger partial charge in [0.1, 0.15) is 6.54 Å². The van der Waals surface area contributed by atoms with Crippen LogP contribution in [0.5, 0.6) is 0 Å². The monoisotopic (exact) mass is 484 g/mol. The summed E-state index contributed by atoms with van der Waals surface area (Å²) in [5.74, 6) is -1.16. The van der Waals surface area contributed by atoms with Gasteiger partial charge in [0.25, 0.3) is 5.91 Å². The Morgan fingerprint density at radius 1 is 1.12 bits per heavy atom. The molecule has 9 nitrogen and oxygen atoms in total. The fourth-order valence-corrected chi connectivity index (χ4v) is 5.90. The molecule has 1 fully saturated rings. The largest absolute Gasteiger partial charge is 0.326 e. The van der Waals surface area contributed by atoms with Crippen LogP contribution in [0.2, 0.25) is 0 Å². The summed E-state index contributed by atoms with van der Waals surface area (Å²) < 4.78 is 26.2. The molecule has 180 valence electrons. The molecular formula is C24H28N4O5S. The molecule has 2 aliphatic heterocycles. The molecule has 34 heavy (non-hydrogen) atoms. The van der Waals surface area contributed by atoms with Crippen molar-refractivity contribution in [1.29, 1.82) is 0 Å². The molecule has 0 saturated carbocycles. The summed E-state index contributed by atoms with van der Waals surface area (Å²) in [7, 11) is -3.34. The number of piperidine rings is 1. The standard InChI is InChI=1S/C24H28N4O5S/c1-2-14-34(32,33)27-13-5-6-18(15-27)23(30)25-19-11-9-17(10-12-19)24(31)28-16-22(29)26-20-7-3-4-8-21(20)28/h3-4,7-12,18H,2,5-6,13-16H2,1H3,(H,25,30)(H,26,29). The second-order valence-electron chi connectivity index (χ2n) is 8.54. The summed E-state index contributed by atoms with van der Waals surface area (Å²) >= 11 is 0. The summed E-state index contributed by atoms with van der Waals surface area (Å²) in [4.78, 5) is 39.3. The molecule has 0 bridgehead atoms. The Bertz CT molecular complexity index is 1200. The van der Waals surface area contributed by atoms with Gasteiger partial charge in [0, 0.05) is 24.3 Å². The van der Waals surface area contributed by atoms with E-state index in [4.69, 9.17) is 0 Å². The van der Waals surface area contributed by atoms with Crippen molar-refractivity contribution >= 4 is 44.8 Å². The Hall–Kier alpha value is -3.24. The van der Waals surface area contributed by atoms with Gasteiger partial charge in [-0.3, -0.25) is 19.3 Å². The SMILES string of the molecule is CCCS(=O)(=O)N1CCCC(C(=O)Nc2ccc(C(=O)N3CC(=O)Nc4ccccc43)cc2)C1. The molecule has 0 spiro atoms. The number of anilines is 3. The fraction of sp³-hybridized carbons (Fsp3) is 0.375. The quantitative estimate of drug-likeness (QED) is 0.654. The van der Waals surface area contributed by atoms with Crippen LogP contribution in [-0.2, 0) is 19.6 Å². The summed E-state index contributed by atoms with van der Waals surface area (Å²) in [6.07, 6.45) is 1.80. The normalized spacial score (nSPS) is 18.7. The highest BCUT2D eigenvalue weighted by atomic mass is 32.2. The van der Waals surface area contributed by atoms with Gasteiger partial charge in [-0.2, -0.15) is 0 Å². The number of nitrogens with one attached hydrogen (secondary N) is 2. The average Bonchev–Trinajstić information content (AvgIpc) is 2.83. The van der Waals surface area contributed by atoms with Crippen LogP contribution >= 0.6 is 0 Å². The number of rotatable bonds is 6. The number of fused-ring (bicyclic) bond motifs is 1. The molecule has 2 aliphatic rings. The first-order valence-corrected chi connectivity index (χ1v) is 13.0.